The van der Waals surface area contributed by atoms with Crippen LogP contribution in [0.15, 0.2) is 11.6 Å². The number of nitrogens with one attached hydrogen (secondary N) is 1. The lowest BCUT2D eigenvalue weighted by molar-refractivity contribution is -0.117. The summed E-state index contributed by atoms with van der Waals surface area (Å²) in [4.78, 5) is 11.8. The van der Waals surface area contributed by atoms with Gasteiger partial charge in [-0.3, -0.25) is 4.79 Å². The van der Waals surface area contributed by atoms with Crippen LogP contribution in [-0.4, -0.2) is 38.4 Å². The topological polar surface area (TPSA) is 50.9 Å². The zero-order valence-electron chi connectivity index (χ0n) is 11.0. The number of hydrogen-bond donors (Lipinski definition) is 1. The molecule has 0 aromatic rings. The smallest absolute Gasteiger partial charge is 0.246 e. The molecule has 1 aliphatic heterocycles. The van der Waals surface area contributed by atoms with Gasteiger partial charge < -0.3 is 14.8 Å². The van der Waals surface area contributed by atoms with E-state index in [1.165, 1.54) is 6.42 Å². The van der Waals surface area contributed by atoms with E-state index < -0.39 is 0 Å². The van der Waals surface area contributed by atoms with Crippen molar-refractivity contribution >= 4 is 5.91 Å². The second-order valence-electron chi connectivity index (χ2n) is 4.97. The molecule has 102 valence electrons. The number of unbranched alkanes of at least 4 members (excludes halogenated alkanes) is 1. The Morgan fingerprint density at radius 3 is 3.06 bits per heavy atom. The van der Waals surface area contributed by atoms with Gasteiger partial charge in [-0.2, -0.15) is 0 Å². The van der Waals surface area contributed by atoms with Crippen LogP contribution < -0.4 is 5.32 Å². The Hall–Kier alpha value is -0.870. The van der Waals surface area contributed by atoms with Gasteiger partial charge in [0, 0.05) is 18.7 Å². The van der Waals surface area contributed by atoms with E-state index in [1.807, 2.05) is 0 Å². The number of allylic oxidation sites excluding steroid dienone is 1. The number of carbonyl (C=O) groups is 1. The standard InChI is InChI=1S/C14H23NO3/c16-14(12-6-2-1-3-7-12)15-8-4-5-9-17-10-13-11-18-13/h6,13H,1-5,7-11H2,(H,15,16). The second kappa shape index (κ2) is 7.54. The number of hydrogen-bond acceptors (Lipinski definition) is 3. The summed E-state index contributed by atoms with van der Waals surface area (Å²) < 4.78 is 10.5. The molecule has 0 radical (unpaired) electrons. The normalized spacial score (nSPS) is 22.4. The van der Waals surface area contributed by atoms with Crippen molar-refractivity contribution in [2.45, 2.75) is 44.6 Å². The van der Waals surface area contributed by atoms with Crippen LogP contribution in [0.5, 0.6) is 0 Å². The molecule has 18 heavy (non-hydrogen) atoms. The third-order valence-electron chi connectivity index (χ3n) is 3.29. The van der Waals surface area contributed by atoms with Crippen molar-refractivity contribution in [1.82, 2.24) is 5.32 Å². The maximum Gasteiger partial charge on any atom is 0.246 e. The van der Waals surface area contributed by atoms with Crippen LogP contribution in [0.1, 0.15) is 38.5 Å². The van der Waals surface area contributed by atoms with Gasteiger partial charge in [0.25, 0.3) is 0 Å². The third-order valence-corrected chi connectivity index (χ3v) is 3.29. The van der Waals surface area contributed by atoms with Crippen LogP contribution in [0.2, 0.25) is 0 Å². The highest BCUT2D eigenvalue weighted by atomic mass is 16.6. The molecule has 1 heterocycles. The third kappa shape index (κ3) is 5.19. The molecule has 1 amide bonds. The Bertz CT molecular complexity index is 297. The minimum absolute atomic E-state index is 0.127. The quantitative estimate of drug-likeness (QED) is 0.530. The molecule has 4 heteroatoms. The van der Waals surface area contributed by atoms with E-state index in [2.05, 4.69) is 11.4 Å². The molecule has 1 saturated heterocycles. The lowest BCUT2D eigenvalue weighted by Crippen LogP contribution is -2.26. The second-order valence-corrected chi connectivity index (χ2v) is 4.97. The fraction of sp³-hybridized carbons (Fsp3) is 0.786. The summed E-state index contributed by atoms with van der Waals surface area (Å²) in [5.74, 6) is 0.127. The van der Waals surface area contributed by atoms with Crippen molar-refractivity contribution in [2.75, 3.05) is 26.4 Å². The summed E-state index contributed by atoms with van der Waals surface area (Å²) in [6.45, 7) is 3.09. The van der Waals surface area contributed by atoms with Crippen LogP contribution in [0.4, 0.5) is 0 Å². The van der Waals surface area contributed by atoms with E-state index in [-0.39, 0.29) is 5.91 Å². The molecule has 0 aromatic heterocycles. The Balaban J connectivity index is 1.44. The molecule has 2 rings (SSSR count). The molecule has 1 atom stereocenters. The van der Waals surface area contributed by atoms with Crippen LogP contribution in [0.3, 0.4) is 0 Å². The van der Waals surface area contributed by atoms with Crippen molar-refractivity contribution < 1.29 is 14.3 Å². The van der Waals surface area contributed by atoms with Gasteiger partial charge in [0.15, 0.2) is 0 Å². The summed E-state index contributed by atoms with van der Waals surface area (Å²) in [6.07, 6.45) is 8.77. The minimum atomic E-state index is 0.127. The minimum Gasteiger partial charge on any atom is -0.379 e. The number of rotatable bonds is 8. The molecule has 0 saturated carbocycles. The molecule has 2 aliphatic rings. The maximum atomic E-state index is 11.8. The zero-order valence-corrected chi connectivity index (χ0v) is 11.0. The molecule has 0 spiro atoms. The molecule has 1 aliphatic carbocycles. The average molecular weight is 253 g/mol. The molecular weight excluding hydrogens is 230 g/mol. The highest BCUT2D eigenvalue weighted by Crippen LogP contribution is 2.17. The van der Waals surface area contributed by atoms with E-state index >= 15 is 0 Å². The van der Waals surface area contributed by atoms with Gasteiger partial charge in [-0.25, -0.2) is 0 Å². The summed E-state index contributed by atoms with van der Waals surface area (Å²) in [5, 5.41) is 2.98. The van der Waals surface area contributed by atoms with Gasteiger partial charge >= 0.3 is 0 Å². The first kappa shape index (κ1) is 13.6. The number of amides is 1. The first-order valence-electron chi connectivity index (χ1n) is 7.03. The van der Waals surface area contributed by atoms with Crippen LogP contribution in [0.25, 0.3) is 0 Å². The molecule has 0 bridgehead atoms. The molecule has 0 aromatic carbocycles. The van der Waals surface area contributed by atoms with Crippen LogP contribution >= 0.6 is 0 Å². The predicted octanol–water partition coefficient (Wildman–Crippen LogP) is 1.80. The van der Waals surface area contributed by atoms with Gasteiger partial charge in [-0.15, -0.1) is 0 Å². The van der Waals surface area contributed by atoms with Gasteiger partial charge in [0.2, 0.25) is 5.91 Å². The highest BCUT2D eigenvalue weighted by Gasteiger charge is 2.21. The Labute approximate surface area is 109 Å². The fourth-order valence-electron chi connectivity index (χ4n) is 2.07. The van der Waals surface area contributed by atoms with Crippen molar-refractivity contribution in [3.05, 3.63) is 11.6 Å². The van der Waals surface area contributed by atoms with E-state index in [1.54, 1.807) is 0 Å². The van der Waals surface area contributed by atoms with Gasteiger partial charge in [0.1, 0.15) is 6.10 Å². The average Bonchev–Trinajstić information content (AvgIpc) is 3.22. The highest BCUT2D eigenvalue weighted by molar-refractivity contribution is 5.93. The van der Waals surface area contributed by atoms with Crippen LogP contribution in [0, 0.1) is 0 Å². The van der Waals surface area contributed by atoms with E-state index in [0.29, 0.717) is 6.10 Å². The molecule has 4 nitrogen and oxygen atoms in total. The summed E-state index contributed by atoms with van der Waals surface area (Å²) in [5.41, 5.74) is 0.975. The van der Waals surface area contributed by atoms with Crippen molar-refractivity contribution in [3.8, 4) is 0 Å². The zero-order chi connectivity index (χ0) is 12.6. The summed E-state index contributed by atoms with van der Waals surface area (Å²) >= 11 is 0. The van der Waals surface area contributed by atoms with Crippen molar-refractivity contribution in [2.24, 2.45) is 0 Å². The molecule has 1 unspecified atom stereocenters. The summed E-state index contributed by atoms with van der Waals surface area (Å²) in [6, 6.07) is 0. The number of epoxide rings is 1. The molecular formula is C14H23NO3. The van der Waals surface area contributed by atoms with Gasteiger partial charge in [-0.1, -0.05) is 6.08 Å². The molecule has 1 N–H and O–H groups in total. The lowest BCUT2D eigenvalue weighted by atomic mass is 9.99. The predicted molar refractivity (Wildman–Crippen MR) is 69.4 cm³/mol. The van der Waals surface area contributed by atoms with Gasteiger partial charge in [0.05, 0.1) is 13.2 Å². The Morgan fingerprint density at radius 1 is 1.44 bits per heavy atom. The monoisotopic (exact) mass is 253 g/mol. The Kier molecular flexibility index (Phi) is 5.68. The van der Waals surface area contributed by atoms with Crippen LogP contribution in [-0.2, 0) is 14.3 Å². The number of carbonyl (C=O) groups excluding carboxylic acids is 1. The first-order chi connectivity index (χ1) is 8.86. The van der Waals surface area contributed by atoms with E-state index in [9.17, 15) is 4.79 Å². The van der Waals surface area contributed by atoms with Crippen molar-refractivity contribution in [3.63, 3.8) is 0 Å². The van der Waals surface area contributed by atoms with E-state index in [4.69, 9.17) is 9.47 Å². The number of ether oxygens (including phenoxy) is 2. The lowest BCUT2D eigenvalue weighted by Gasteiger charge is -2.12. The Morgan fingerprint density at radius 2 is 2.33 bits per heavy atom. The SMILES string of the molecule is O=C(NCCCCOCC1CO1)C1=CCCCC1. The summed E-state index contributed by atoms with van der Waals surface area (Å²) in [7, 11) is 0. The fourth-order valence-corrected chi connectivity index (χ4v) is 2.07. The first-order valence-corrected chi connectivity index (χ1v) is 7.03. The molecule has 1 fully saturated rings. The van der Waals surface area contributed by atoms with Crippen molar-refractivity contribution in [1.29, 1.82) is 0 Å². The van der Waals surface area contributed by atoms with E-state index in [0.717, 1.165) is 64.0 Å². The van der Waals surface area contributed by atoms with Gasteiger partial charge in [-0.05, 0) is 38.5 Å². The largest absolute Gasteiger partial charge is 0.379 e. The maximum absolute atomic E-state index is 11.8.